The molecule has 1 aromatic carbocycles. The molecule has 0 saturated carbocycles. The molecule has 2 atom stereocenters. The topological polar surface area (TPSA) is 67.4 Å². The van der Waals surface area contributed by atoms with E-state index in [1.807, 2.05) is 6.92 Å². The van der Waals surface area contributed by atoms with Crippen LogP contribution in [0.25, 0.3) is 0 Å². The van der Waals surface area contributed by atoms with E-state index in [0.717, 1.165) is 24.9 Å². The van der Waals surface area contributed by atoms with Crippen molar-refractivity contribution in [3.8, 4) is 5.75 Å². The number of ether oxygens (including phenoxy) is 1. The van der Waals surface area contributed by atoms with Gasteiger partial charge in [-0.3, -0.25) is 9.59 Å². The number of carbonyl (C=O) groups excluding carboxylic acids is 2. The van der Waals surface area contributed by atoms with Gasteiger partial charge in [-0.15, -0.1) is 0 Å². The lowest BCUT2D eigenvalue weighted by molar-refractivity contribution is -0.134. The first-order chi connectivity index (χ1) is 10.1. The van der Waals surface area contributed by atoms with Crippen LogP contribution in [0.5, 0.6) is 5.75 Å². The van der Waals surface area contributed by atoms with E-state index in [2.05, 4.69) is 17.6 Å². The van der Waals surface area contributed by atoms with Gasteiger partial charge in [-0.1, -0.05) is 26.7 Å². The number of hydrogen-bond acceptors (Lipinski definition) is 3. The van der Waals surface area contributed by atoms with Crippen LogP contribution in [0.3, 0.4) is 0 Å². The molecule has 114 valence electrons. The lowest BCUT2D eigenvalue weighted by Gasteiger charge is -2.27. The zero-order chi connectivity index (χ0) is 15.2. The summed E-state index contributed by atoms with van der Waals surface area (Å²) in [4.78, 5) is 22.8. The van der Waals surface area contributed by atoms with E-state index in [4.69, 9.17) is 4.74 Å². The summed E-state index contributed by atoms with van der Waals surface area (Å²) in [5.41, 5.74) is 0.758. The van der Waals surface area contributed by atoms with Crippen molar-refractivity contribution in [2.24, 2.45) is 5.92 Å². The molecule has 2 rings (SSSR count). The van der Waals surface area contributed by atoms with Gasteiger partial charge >= 0.3 is 0 Å². The molecule has 0 aromatic heterocycles. The Hall–Kier alpha value is -2.04. The number of rotatable bonds is 7. The minimum atomic E-state index is -0.230. The predicted octanol–water partition coefficient (Wildman–Crippen LogP) is 2.68. The van der Waals surface area contributed by atoms with Crippen molar-refractivity contribution in [2.45, 2.75) is 45.8 Å². The average Bonchev–Trinajstić information content (AvgIpc) is 2.45. The molecule has 0 bridgehead atoms. The van der Waals surface area contributed by atoms with Crippen molar-refractivity contribution in [2.75, 3.05) is 5.32 Å². The van der Waals surface area contributed by atoms with Gasteiger partial charge in [0, 0.05) is 11.6 Å². The zero-order valence-corrected chi connectivity index (χ0v) is 12.5. The van der Waals surface area contributed by atoms with E-state index in [0.29, 0.717) is 12.2 Å². The molecule has 2 amide bonds. The van der Waals surface area contributed by atoms with Gasteiger partial charge in [0.05, 0.1) is 6.42 Å². The highest BCUT2D eigenvalue weighted by Crippen LogP contribution is 2.20. The molecule has 21 heavy (non-hydrogen) atoms. The summed E-state index contributed by atoms with van der Waals surface area (Å²) in [5, 5.41) is 5.54. The minimum absolute atomic E-state index is 0.00458. The number of β-lactam (4-membered cyclic amide) rings is 1. The van der Waals surface area contributed by atoms with Gasteiger partial charge < -0.3 is 15.4 Å². The summed E-state index contributed by atoms with van der Waals surface area (Å²) < 4.78 is 5.54. The molecule has 1 saturated heterocycles. The highest BCUT2D eigenvalue weighted by molar-refractivity contribution is 5.92. The van der Waals surface area contributed by atoms with Crippen LogP contribution in [0.15, 0.2) is 24.3 Å². The van der Waals surface area contributed by atoms with E-state index in [9.17, 15) is 9.59 Å². The third-order valence-electron chi connectivity index (χ3n) is 3.53. The molecule has 1 heterocycles. The van der Waals surface area contributed by atoms with Crippen LogP contribution in [0.2, 0.25) is 0 Å². The second kappa shape index (κ2) is 7.11. The smallest absolute Gasteiger partial charge is 0.228 e. The minimum Gasteiger partial charge on any atom is -0.470 e. The fraction of sp³-hybridized carbons (Fsp3) is 0.500. The molecule has 2 unspecified atom stereocenters. The zero-order valence-electron chi connectivity index (χ0n) is 12.5. The van der Waals surface area contributed by atoms with Crippen molar-refractivity contribution >= 4 is 17.5 Å². The van der Waals surface area contributed by atoms with Gasteiger partial charge in [-0.2, -0.15) is 0 Å². The largest absolute Gasteiger partial charge is 0.470 e. The van der Waals surface area contributed by atoms with Crippen LogP contribution in [-0.2, 0) is 9.59 Å². The number of amides is 2. The monoisotopic (exact) mass is 290 g/mol. The summed E-state index contributed by atoms with van der Waals surface area (Å²) in [5.74, 6) is 0.747. The molecule has 0 radical (unpaired) electrons. The fourth-order valence-electron chi connectivity index (χ4n) is 2.09. The van der Waals surface area contributed by atoms with Crippen molar-refractivity contribution in [3.63, 3.8) is 0 Å². The van der Waals surface area contributed by atoms with Gasteiger partial charge in [0.1, 0.15) is 5.75 Å². The molecule has 5 nitrogen and oxygen atoms in total. The van der Waals surface area contributed by atoms with Crippen molar-refractivity contribution in [1.82, 2.24) is 5.32 Å². The molecule has 0 aliphatic carbocycles. The summed E-state index contributed by atoms with van der Waals surface area (Å²) in [7, 11) is 0. The molecule has 1 aromatic rings. The maximum Gasteiger partial charge on any atom is 0.228 e. The SMILES string of the molecule is CCCCC(C)C(=O)Nc1ccc(OC2CC(=O)N2)cc1. The summed E-state index contributed by atoms with van der Waals surface area (Å²) in [6.07, 6.45) is 3.24. The Labute approximate surface area is 125 Å². The Morgan fingerprint density at radius 1 is 1.43 bits per heavy atom. The molecule has 5 heteroatoms. The fourth-order valence-corrected chi connectivity index (χ4v) is 2.09. The quantitative estimate of drug-likeness (QED) is 0.759. The van der Waals surface area contributed by atoms with E-state index >= 15 is 0 Å². The normalized spacial score (nSPS) is 18.4. The average molecular weight is 290 g/mol. The van der Waals surface area contributed by atoms with Crippen LogP contribution < -0.4 is 15.4 Å². The molecular formula is C16H22N2O3. The Bertz CT molecular complexity index is 491. The summed E-state index contributed by atoms with van der Waals surface area (Å²) in [6, 6.07) is 7.19. The number of nitrogens with one attached hydrogen (secondary N) is 2. The molecule has 1 aliphatic rings. The summed E-state index contributed by atoms with van der Waals surface area (Å²) in [6.45, 7) is 4.07. The first kappa shape index (κ1) is 15.4. The Kier molecular flexibility index (Phi) is 5.20. The van der Waals surface area contributed by atoms with E-state index in [1.165, 1.54) is 0 Å². The number of unbranched alkanes of at least 4 members (excludes halogenated alkanes) is 1. The van der Waals surface area contributed by atoms with Gasteiger partial charge in [-0.05, 0) is 30.7 Å². The van der Waals surface area contributed by atoms with Gasteiger partial charge in [-0.25, -0.2) is 0 Å². The molecule has 1 fully saturated rings. The van der Waals surface area contributed by atoms with E-state index < -0.39 is 0 Å². The second-order valence-electron chi connectivity index (χ2n) is 5.44. The molecule has 2 N–H and O–H groups in total. The van der Waals surface area contributed by atoms with Crippen molar-refractivity contribution in [3.05, 3.63) is 24.3 Å². The Balaban J connectivity index is 1.81. The number of benzene rings is 1. The van der Waals surface area contributed by atoms with Crippen LogP contribution in [-0.4, -0.2) is 18.0 Å². The van der Waals surface area contributed by atoms with E-state index in [-0.39, 0.29) is 24.0 Å². The summed E-state index contributed by atoms with van der Waals surface area (Å²) >= 11 is 0. The highest BCUT2D eigenvalue weighted by Gasteiger charge is 2.26. The second-order valence-corrected chi connectivity index (χ2v) is 5.44. The predicted molar refractivity (Wildman–Crippen MR) is 80.9 cm³/mol. The van der Waals surface area contributed by atoms with E-state index in [1.54, 1.807) is 24.3 Å². The maximum atomic E-state index is 12.0. The first-order valence-electron chi connectivity index (χ1n) is 7.45. The van der Waals surface area contributed by atoms with Gasteiger partial charge in [0.25, 0.3) is 0 Å². The Morgan fingerprint density at radius 3 is 2.67 bits per heavy atom. The standard InChI is InChI=1S/C16H22N2O3/c1-3-4-5-11(2)16(20)17-12-6-8-13(9-7-12)21-15-10-14(19)18-15/h6-9,11,15H,3-5,10H2,1-2H3,(H,17,20)(H,18,19). The maximum absolute atomic E-state index is 12.0. The first-order valence-corrected chi connectivity index (χ1v) is 7.45. The number of carbonyl (C=O) groups is 2. The van der Waals surface area contributed by atoms with Crippen molar-refractivity contribution in [1.29, 1.82) is 0 Å². The van der Waals surface area contributed by atoms with Gasteiger partial charge in [0.15, 0.2) is 6.23 Å². The Morgan fingerprint density at radius 2 is 2.10 bits per heavy atom. The van der Waals surface area contributed by atoms with Crippen LogP contribution in [0.4, 0.5) is 5.69 Å². The lowest BCUT2D eigenvalue weighted by atomic mass is 10.0. The van der Waals surface area contributed by atoms with Crippen molar-refractivity contribution < 1.29 is 14.3 Å². The molecular weight excluding hydrogens is 268 g/mol. The molecule has 1 aliphatic heterocycles. The van der Waals surface area contributed by atoms with Crippen LogP contribution >= 0.6 is 0 Å². The van der Waals surface area contributed by atoms with Crippen LogP contribution in [0.1, 0.15) is 39.5 Å². The third-order valence-corrected chi connectivity index (χ3v) is 3.53. The third kappa shape index (κ3) is 4.48. The van der Waals surface area contributed by atoms with Crippen LogP contribution in [0, 0.1) is 5.92 Å². The number of anilines is 1. The lowest BCUT2D eigenvalue weighted by Crippen LogP contribution is -2.51. The number of hydrogen-bond donors (Lipinski definition) is 2. The van der Waals surface area contributed by atoms with Gasteiger partial charge in [0.2, 0.25) is 11.8 Å². The molecule has 0 spiro atoms. The highest BCUT2D eigenvalue weighted by atomic mass is 16.5.